The summed E-state index contributed by atoms with van der Waals surface area (Å²) in [5, 5.41) is 2.35. The van der Waals surface area contributed by atoms with Crippen LogP contribution in [0.15, 0.2) is 35.4 Å². The summed E-state index contributed by atoms with van der Waals surface area (Å²) in [6.07, 6.45) is 1.12. The van der Waals surface area contributed by atoms with Crippen molar-refractivity contribution in [3.05, 3.63) is 47.8 Å². The van der Waals surface area contributed by atoms with Crippen LogP contribution in [0.1, 0.15) is 10.5 Å². The van der Waals surface area contributed by atoms with Crippen molar-refractivity contribution in [3.63, 3.8) is 0 Å². The minimum atomic E-state index is -3.88. The number of hydrogen-bond acceptors (Lipinski definition) is 5. The van der Waals surface area contributed by atoms with Crippen molar-refractivity contribution in [2.45, 2.75) is 4.90 Å². The highest BCUT2D eigenvalue weighted by atomic mass is 32.2. The average Bonchev–Trinajstić information content (AvgIpc) is 3.01. The fraction of sp³-hybridized carbons (Fsp3) is 0.143. The van der Waals surface area contributed by atoms with Gasteiger partial charge in [0.25, 0.3) is 0 Å². The van der Waals surface area contributed by atoms with E-state index in [1.807, 2.05) is 0 Å². The van der Waals surface area contributed by atoms with Crippen molar-refractivity contribution in [1.29, 1.82) is 0 Å². The Labute approximate surface area is 141 Å². The van der Waals surface area contributed by atoms with E-state index < -0.39 is 33.2 Å². The first-order valence-corrected chi connectivity index (χ1v) is 8.54. The zero-order valence-corrected chi connectivity index (χ0v) is 13.9. The van der Waals surface area contributed by atoms with E-state index in [4.69, 9.17) is 12.2 Å². The number of benzene rings is 1. The lowest BCUT2D eigenvalue weighted by Crippen LogP contribution is -2.21. The number of ether oxygens (including phenoxy) is 1. The second kappa shape index (κ2) is 7.05. The van der Waals surface area contributed by atoms with Gasteiger partial charge in [0.1, 0.15) is 11.4 Å². The van der Waals surface area contributed by atoms with Crippen LogP contribution in [0.2, 0.25) is 0 Å². The van der Waals surface area contributed by atoms with Crippen molar-refractivity contribution in [1.82, 2.24) is 4.98 Å². The lowest BCUT2D eigenvalue weighted by Gasteiger charge is -2.09. The minimum Gasteiger partial charge on any atom is -0.464 e. The molecule has 10 heteroatoms. The molecule has 1 aromatic carbocycles. The van der Waals surface area contributed by atoms with Gasteiger partial charge in [0.2, 0.25) is 0 Å². The van der Waals surface area contributed by atoms with Crippen molar-refractivity contribution < 1.29 is 26.7 Å². The van der Waals surface area contributed by atoms with Gasteiger partial charge < -0.3 is 15.0 Å². The number of sulfone groups is 1. The van der Waals surface area contributed by atoms with Crippen LogP contribution < -0.4 is 5.32 Å². The van der Waals surface area contributed by atoms with Crippen LogP contribution in [0.5, 0.6) is 0 Å². The number of aromatic amines is 1. The molecule has 1 heterocycles. The van der Waals surface area contributed by atoms with Gasteiger partial charge in [-0.1, -0.05) is 18.3 Å². The average molecular weight is 374 g/mol. The Balaban J connectivity index is 2.14. The molecule has 0 aliphatic rings. The second-order valence-electron chi connectivity index (χ2n) is 4.65. The number of carbonyl (C=O) groups excluding carboxylic acids is 1. The fourth-order valence-corrected chi connectivity index (χ4v) is 3.52. The summed E-state index contributed by atoms with van der Waals surface area (Å²) < 4.78 is 55.6. The Hall–Kier alpha value is -2.33. The fourth-order valence-electron chi connectivity index (χ4n) is 1.82. The summed E-state index contributed by atoms with van der Waals surface area (Å²) in [5.74, 6) is -3.61. The van der Waals surface area contributed by atoms with Gasteiger partial charge in [0, 0.05) is 6.20 Å². The van der Waals surface area contributed by atoms with Gasteiger partial charge in [0.05, 0.1) is 22.7 Å². The van der Waals surface area contributed by atoms with E-state index in [1.165, 1.54) is 12.1 Å². The Kier molecular flexibility index (Phi) is 5.30. The number of aromatic nitrogens is 1. The third-order valence-corrected chi connectivity index (χ3v) is 5.02. The largest absolute Gasteiger partial charge is 0.464 e. The molecule has 0 unspecified atom stereocenters. The number of halogens is 2. The predicted molar refractivity (Wildman–Crippen MR) is 86.8 cm³/mol. The van der Waals surface area contributed by atoms with Crippen LogP contribution in [0.3, 0.4) is 0 Å². The first kappa shape index (κ1) is 18.0. The van der Waals surface area contributed by atoms with Crippen molar-refractivity contribution in [3.8, 4) is 0 Å². The molecule has 0 saturated heterocycles. The second-order valence-corrected chi connectivity index (χ2v) is 7.13. The molecule has 0 aliphatic carbocycles. The number of hydrogen-bond donors (Lipinski definition) is 2. The normalized spacial score (nSPS) is 11.1. The third-order valence-electron chi connectivity index (χ3n) is 2.97. The van der Waals surface area contributed by atoms with Gasteiger partial charge in [0.15, 0.2) is 21.5 Å². The van der Waals surface area contributed by atoms with Gasteiger partial charge in [-0.05, 0) is 18.2 Å². The first-order valence-electron chi connectivity index (χ1n) is 6.48. The number of anilines is 1. The lowest BCUT2D eigenvalue weighted by atomic mass is 10.3. The van der Waals surface area contributed by atoms with Gasteiger partial charge in [-0.25, -0.2) is 22.0 Å². The molecule has 2 aromatic rings. The molecule has 0 bridgehead atoms. The molecule has 0 amide bonds. The smallest absolute Gasteiger partial charge is 0.354 e. The highest BCUT2D eigenvalue weighted by Gasteiger charge is 2.21. The van der Waals surface area contributed by atoms with E-state index >= 15 is 0 Å². The van der Waals surface area contributed by atoms with Crippen molar-refractivity contribution in [2.75, 3.05) is 18.2 Å². The molecule has 6 nitrogen and oxygen atoms in total. The molecule has 0 fully saturated rings. The molecular formula is C14H12F2N2O4S2. The summed E-state index contributed by atoms with van der Waals surface area (Å²) >= 11 is 4.89. The highest BCUT2D eigenvalue weighted by Crippen LogP contribution is 2.18. The predicted octanol–water partition coefficient (Wildman–Crippen LogP) is 2.29. The SMILES string of the molecule is COC(=O)c1cc(S(=O)(=O)CC(=S)Nc2cccc(F)c2F)c[nH]1. The van der Waals surface area contributed by atoms with E-state index in [0.717, 1.165) is 25.4 Å². The molecule has 0 atom stereocenters. The monoisotopic (exact) mass is 374 g/mol. The van der Waals surface area contributed by atoms with Gasteiger partial charge >= 0.3 is 5.97 Å². The van der Waals surface area contributed by atoms with Gasteiger partial charge in [-0.15, -0.1) is 0 Å². The van der Waals surface area contributed by atoms with E-state index in [0.29, 0.717) is 0 Å². The number of rotatable bonds is 5. The van der Waals surface area contributed by atoms with Crippen LogP contribution in [-0.2, 0) is 14.6 Å². The zero-order valence-electron chi connectivity index (χ0n) is 12.3. The van der Waals surface area contributed by atoms with E-state index in [2.05, 4.69) is 15.0 Å². The summed E-state index contributed by atoms with van der Waals surface area (Å²) in [7, 11) is -2.73. The maximum Gasteiger partial charge on any atom is 0.354 e. The quantitative estimate of drug-likeness (QED) is 0.617. The van der Waals surface area contributed by atoms with Crippen molar-refractivity contribution >= 4 is 38.7 Å². The molecule has 2 N–H and O–H groups in total. The highest BCUT2D eigenvalue weighted by molar-refractivity contribution is 7.94. The Bertz CT molecular complexity index is 894. The minimum absolute atomic E-state index is 0.0360. The number of methoxy groups -OCH3 is 1. The Morgan fingerprint density at radius 1 is 1.38 bits per heavy atom. The summed E-state index contributed by atoms with van der Waals surface area (Å²) in [5.41, 5.74) is -0.300. The molecule has 0 radical (unpaired) electrons. The molecule has 1 aromatic heterocycles. The van der Waals surface area contributed by atoms with E-state index in [9.17, 15) is 22.0 Å². The van der Waals surface area contributed by atoms with Gasteiger partial charge in [-0.2, -0.15) is 0 Å². The van der Waals surface area contributed by atoms with Crippen LogP contribution >= 0.6 is 12.2 Å². The summed E-state index contributed by atoms with van der Waals surface area (Å²) in [4.78, 5) is 13.4. The lowest BCUT2D eigenvalue weighted by molar-refractivity contribution is 0.0594. The number of H-pyrrole nitrogens is 1. The summed E-state index contributed by atoms with van der Waals surface area (Å²) in [6.45, 7) is 0. The van der Waals surface area contributed by atoms with E-state index in [-0.39, 0.29) is 21.3 Å². The number of carbonyl (C=O) groups is 1. The van der Waals surface area contributed by atoms with E-state index in [1.54, 1.807) is 0 Å². The number of esters is 1. The maximum atomic E-state index is 13.5. The van der Waals surface area contributed by atoms with Gasteiger partial charge in [-0.3, -0.25) is 0 Å². The molecule has 0 aliphatic heterocycles. The van der Waals surface area contributed by atoms with Crippen molar-refractivity contribution in [2.24, 2.45) is 0 Å². The number of nitrogens with one attached hydrogen (secondary N) is 2. The zero-order chi connectivity index (χ0) is 17.9. The molecule has 128 valence electrons. The molecule has 2 rings (SSSR count). The topological polar surface area (TPSA) is 88.3 Å². The van der Waals surface area contributed by atoms with Crippen LogP contribution in [-0.4, -0.2) is 37.2 Å². The third kappa shape index (κ3) is 3.95. The molecular weight excluding hydrogens is 362 g/mol. The van der Waals surface area contributed by atoms with Crippen LogP contribution in [0, 0.1) is 11.6 Å². The Morgan fingerprint density at radius 2 is 2.08 bits per heavy atom. The number of thiocarbonyl (C=S) groups is 1. The van der Waals surface area contributed by atoms with Crippen LogP contribution in [0.25, 0.3) is 0 Å². The standard InChI is InChI=1S/C14H12F2N2O4S2/c1-22-14(19)11-5-8(6-17-11)24(20,21)7-12(23)18-10-4-2-3-9(15)13(10)16/h2-6,17H,7H2,1H3,(H,18,23). The molecule has 24 heavy (non-hydrogen) atoms. The molecule has 0 saturated carbocycles. The maximum absolute atomic E-state index is 13.5. The molecule has 0 spiro atoms. The first-order chi connectivity index (χ1) is 11.2. The van der Waals surface area contributed by atoms with Crippen LogP contribution in [0.4, 0.5) is 14.5 Å². The summed E-state index contributed by atoms with van der Waals surface area (Å²) in [6, 6.07) is 4.51. The Morgan fingerprint density at radius 3 is 2.75 bits per heavy atom.